The average molecular weight is 396 g/mol. The second kappa shape index (κ2) is 7.05. The van der Waals surface area contributed by atoms with Gasteiger partial charge >= 0.3 is 0 Å². The summed E-state index contributed by atoms with van der Waals surface area (Å²) < 4.78 is 3.81. The third kappa shape index (κ3) is 3.37. The largest absolute Gasteiger partial charge is 0.391 e. The van der Waals surface area contributed by atoms with Gasteiger partial charge in [0.05, 0.1) is 30.4 Å². The van der Waals surface area contributed by atoms with E-state index in [9.17, 15) is 5.11 Å². The van der Waals surface area contributed by atoms with E-state index in [-0.39, 0.29) is 6.04 Å². The lowest BCUT2D eigenvalue weighted by Gasteiger charge is -2.34. The Morgan fingerprint density at radius 1 is 1.17 bits per heavy atom. The quantitative estimate of drug-likeness (QED) is 0.715. The van der Waals surface area contributed by atoms with Crippen molar-refractivity contribution in [3.63, 3.8) is 0 Å². The molecule has 2 aliphatic rings. The number of imidazole rings is 1. The molecule has 29 heavy (non-hydrogen) atoms. The van der Waals surface area contributed by atoms with Gasteiger partial charge in [-0.15, -0.1) is 5.10 Å². The summed E-state index contributed by atoms with van der Waals surface area (Å²) in [6.07, 6.45) is 7.81. The highest BCUT2D eigenvalue weighted by Crippen LogP contribution is 2.41. The summed E-state index contributed by atoms with van der Waals surface area (Å²) in [6.45, 7) is 6.13. The highest BCUT2D eigenvalue weighted by atomic mass is 16.3. The molecule has 2 fully saturated rings. The van der Waals surface area contributed by atoms with Gasteiger partial charge in [-0.25, -0.2) is 14.6 Å². The molecule has 0 amide bonds. The molecule has 1 saturated heterocycles. The van der Waals surface area contributed by atoms with Crippen LogP contribution in [0.3, 0.4) is 0 Å². The van der Waals surface area contributed by atoms with Crippen LogP contribution in [0, 0.1) is 17.8 Å². The van der Waals surface area contributed by atoms with Gasteiger partial charge in [0.1, 0.15) is 5.52 Å². The molecule has 4 atom stereocenters. The van der Waals surface area contributed by atoms with E-state index in [1.165, 1.54) is 0 Å². The molecule has 5 rings (SSSR count). The molecule has 0 spiro atoms. The van der Waals surface area contributed by atoms with E-state index in [2.05, 4.69) is 44.0 Å². The Labute approximate surface area is 169 Å². The van der Waals surface area contributed by atoms with Gasteiger partial charge in [0, 0.05) is 26.3 Å². The number of hydrogen-bond acceptors (Lipinski definition) is 7. The maximum atomic E-state index is 10.8. The number of anilines is 1. The number of aromatic nitrogens is 7. The van der Waals surface area contributed by atoms with Crippen molar-refractivity contribution in [2.45, 2.75) is 45.3 Å². The first kappa shape index (κ1) is 18.5. The summed E-state index contributed by atoms with van der Waals surface area (Å²) >= 11 is 0. The normalized spacial score (nSPS) is 27.1. The summed E-state index contributed by atoms with van der Waals surface area (Å²) in [4.78, 5) is 15.8. The van der Waals surface area contributed by atoms with Crippen molar-refractivity contribution in [3.8, 4) is 0 Å². The fourth-order valence-corrected chi connectivity index (χ4v) is 4.90. The van der Waals surface area contributed by atoms with E-state index >= 15 is 0 Å². The molecule has 4 heterocycles. The SMILES string of the molecule is CC(C)Cc1cn([C@@H]2C[C@@H]3CN(c4ncc5c(ncn5C)n4)C[C@@H]3C[C@H]2O)nn1. The lowest BCUT2D eigenvalue weighted by Crippen LogP contribution is -2.36. The third-order valence-electron chi connectivity index (χ3n) is 6.38. The number of aryl methyl sites for hydroxylation is 1. The number of aliphatic hydroxyl groups is 1. The highest BCUT2D eigenvalue weighted by Gasteiger charge is 2.43. The Balaban J connectivity index is 1.32. The van der Waals surface area contributed by atoms with Crippen molar-refractivity contribution in [1.82, 2.24) is 34.5 Å². The molecule has 3 aromatic rings. The average Bonchev–Trinajstić information content (AvgIpc) is 3.39. The molecule has 0 aromatic carbocycles. The Kier molecular flexibility index (Phi) is 4.49. The molecule has 1 saturated carbocycles. The second-order valence-corrected chi connectivity index (χ2v) is 9.05. The van der Waals surface area contributed by atoms with Gasteiger partial charge in [-0.3, -0.25) is 0 Å². The summed E-state index contributed by atoms with van der Waals surface area (Å²) in [5.74, 6) is 2.21. The maximum absolute atomic E-state index is 10.8. The summed E-state index contributed by atoms with van der Waals surface area (Å²) in [6, 6.07) is -0.0104. The standard InChI is InChI=1S/C20H28N8O/c1-12(2)4-15-10-28(25-24-15)16-5-13-8-27(9-14(13)6-18(16)29)20-21-7-17-19(23-20)22-11-26(17)3/h7,10-14,16,18,29H,4-6,8-9H2,1-3H3/t13-,14+,16-,18-/m1/s1. The van der Waals surface area contributed by atoms with Crippen LogP contribution in [-0.4, -0.2) is 58.8 Å². The van der Waals surface area contributed by atoms with Gasteiger partial charge in [-0.05, 0) is 37.0 Å². The van der Waals surface area contributed by atoms with Crippen LogP contribution in [0.2, 0.25) is 0 Å². The Bertz CT molecular complexity index is 1010. The van der Waals surface area contributed by atoms with Crippen molar-refractivity contribution in [2.24, 2.45) is 24.8 Å². The van der Waals surface area contributed by atoms with Gasteiger partial charge in [-0.2, -0.15) is 4.98 Å². The number of nitrogens with zero attached hydrogens (tertiary/aromatic N) is 8. The van der Waals surface area contributed by atoms with E-state index < -0.39 is 6.10 Å². The van der Waals surface area contributed by atoms with Crippen molar-refractivity contribution in [2.75, 3.05) is 18.0 Å². The molecule has 1 aliphatic carbocycles. The first-order valence-corrected chi connectivity index (χ1v) is 10.5. The highest BCUT2D eigenvalue weighted by molar-refractivity contribution is 5.71. The van der Waals surface area contributed by atoms with Crippen molar-refractivity contribution in [3.05, 3.63) is 24.4 Å². The second-order valence-electron chi connectivity index (χ2n) is 9.05. The van der Waals surface area contributed by atoms with Gasteiger partial charge in [0.15, 0.2) is 5.65 Å². The first-order valence-electron chi connectivity index (χ1n) is 10.5. The zero-order valence-electron chi connectivity index (χ0n) is 17.2. The Morgan fingerprint density at radius 2 is 1.97 bits per heavy atom. The predicted molar refractivity (Wildman–Crippen MR) is 108 cm³/mol. The molecular formula is C20H28N8O. The molecule has 0 unspecified atom stereocenters. The Morgan fingerprint density at radius 3 is 2.76 bits per heavy atom. The van der Waals surface area contributed by atoms with Gasteiger partial charge in [0.25, 0.3) is 0 Å². The molecule has 9 heteroatoms. The van der Waals surface area contributed by atoms with Gasteiger partial charge < -0.3 is 14.6 Å². The summed E-state index contributed by atoms with van der Waals surface area (Å²) in [7, 11) is 1.95. The fraction of sp³-hybridized carbons (Fsp3) is 0.650. The molecular weight excluding hydrogens is 368 g/mol. The van der Waals surface area contributed by atoms with Crippen LogP contribution in [0.5, 0.6) is 0 Å². The monoisotopic (exact) mass is 396 g/mol. The number of hydrogen-bond donors (Lipinski definition) is 1. The maximum Gasteiger partial charge on any atom is 0.227 e. The molecule has 1 N–H and O–H groups in total. The van der Waals surface area contributed by atoms with Crippen LogP contribution in [0.15, 0.2) is 18.7 Å². The van der Waals surface area contributed by atoms with E-state index in [0.29, 0.717) is 17.8 Å². The first-order chi connectivity index (χ1) is 14.0. The predicted octanol–water partition coefficient (Wildman–Crippen LogP) is 1.60. The number of aliphatic hydroxyl groups excluding tert-OH is 1. The molecule has 9 nitrogen and oxygen atoms in total. The lowest BCUT2D eigenvalue weighted by molar-refractivity contribution is 0.0298. The van der Waals surface area contributed by atoms with E-state index in [1.54, 1.807) is 6.33 Å². The van der Waals surface area contributed by atoms with Crippen LogP contribution in [0.25, 0.3) is 11.2 Å². The van der Waals surface area contributed by atoms with Crippen molar-refractivity contribution in [1.29, 1.82) is 0 Å². The van der Waals surface area contributed by atoms with Crippen LogP contribution >= 0.6 is 0 Å². The molecule has 1 aliphatic heterocycles. The fourth-order valence-electron chi connectivity index (χ4n) is 4.90. The van der Waals surface area contributed by atoms with Crippen LogP contribution in [0.4, 0.5) is 5.95 Å². The van der Waals surface area contributed by atoms with Crippen LogP contribution in [0.1, 0.15) is 38.4 Å². The molecule has 0 bridgehead atoms. The van der Waals surface area contributed by atoms with Gasteiger partial charge in [-0.1, -0.05) is 19.1 Å². The van der Waals surface area contributed by atoms with E-state index in [1.807, 2.05) is 28.7 Å². The topological polar surface area (TPSA) is 97.8 Å². The van der Waals surface area contributed by atoms with Crippen molar-refractivity contribution >= 4 is 17.1 Å². The van der Waals surface area contributed by atoms with Crippen LogP contribution in [-0.2, 0) is 13.5 Å². The molecule has 154 valence electrons. The summed E-state index contributed by atoms with van der Waals surface area (Å²) in [5.41, 5.74) is 2.66. The van der Waals surface area contributed by atoms with E-state index in [4.69, 9.17) is 0 Å². The zero-order chi connectivity index (χ0) is 20.1. The minimum atomic E-state index is -0.399. The number of fused-ring (bicyclic) bond motifs is 2. The number of rotatable bonds is 4. The minimum Gasteiger partial charge on any atom is -0.391 e. The molecule has 0 radical (unpaired) electrons. The smallest absolute Gasteiger partial charge is 0.227 e. The van der Waals surface area contributed by atoms with Crippen molar-refractivity contribution < 1.29 is 5.11 Å². The van der Waals surface area contributed by atoms with Gasteiger partial charge in [0.2, 0.25) is 5.95 Å². The summed E-state index contributed by atoms with van der Waals surface area (Å²) in [5, 5.41) is 19.4. The minimum absolute atomic E-state index is 0.0104. The third-order valence-corrected chi connectivity index (χ3v) is 6.38. The lowest BCUT2D eigenvalue weighted by atomic mass is 9.77. The molecule has 3 aromatic heterocycles. The van der Waals surface area contributed by atoms with Crippen LogP contribution < -0.4 is 4.90 Å². The Hall–Kier alpha value is -2.55. The van der Waals surface area contributed by atoms with E-state index in [0.717, 1.165) is 55.2 Å². The zero-order valence-corrected chi connectivity index (χ0v) is 17.2.